The third-order valence-electron chi connectivity index (χ3n) is 4.00. The molecule has 1 heterocycles. The van der Waals surface area contributed by atoms with Crippen molar-refractivity contribution in [2.24, 2.45) is 0 Å². The molecule has 1 aliphatic heterocycles. The number of rotatable bonds is 6. The van der Waals surface area contributed by atoms with Crippen molar-refractivity contribution < 1.29 is 19.1 Å². The average molecular weight is 337 g/mol. The van der Waals surface area contributed by atoms with E-state index in [1.807, 2.05) is 42.5 Å². The minimum absolute atomic E-state index is 0.142. The molecule has 0 saturated carbocycles. The largest absolute Gasteiger partial charge is 0.491 e. The fourth-order valence-corrected chi connectivity index (χ4v) is 2.68. The van der Waals surface area contributed by atoms with E-state index >= 15 is 0 Å². The van der Waals surface area contributed by atoms with Gasteiger partial charge >= 0.3 is 5.97 Å². The van der Waals surface area contributed by atoms with Gasteiger partial charge in [-0.25, -0.2) is 4.79 Å². The second-order valence-electron chi connectivity index (χ2n) is 5.77. The molecule has 25 heavy (non-hydrogen) atoms. The van der Waals surface area contributed by atoms with Crippen LogP contribution in [0.15, 0.2) is 66.4 Å². The number of nitrogens with one attached hydrogen (secondary N) is 1. The lowest BCUT2D eigenvalue weighted by Gasteiger charge is -2.16. The number of amides is 1. The third kappa shape index (κ3) is 4.26. The van der Waals surface area contributed by atoms with Gasteiger partial charge in [-0.1, -0.05) is 42.5 Å². The van der Waals surface area contributed by atoms with Crippen LogP contribution in [-0.4, -0.2) is 25.0 Å². The highest BCUT2D eigenvalue weighted by atomic mass is 16.5. The number of hydrogen-bond donors (Lipinski definition) is 1. The second kappa shape index (κ2) is 7.66. The first kappa shape index (κ1) is 16.8. The molecule has 0 unspecified atom stereocenters. The van der Waals surface area contributed by atoms with Crippen LogP contribution < -0.4 is 5.32 Å². The van der Waals surface area contributed by atoms with Gasteiger partial charge < -0.3 is 14.8 Å². The van der Waals surface area contributed by atoms with E-state index in [1.54, 1.807) is 12.1 Å². The topological polar surface area (TPSA) is 64.6 Å². The smallest absolute Gasteiger partial charge is 0.337 e. The molecule has 0 fully saturated rings. The molecule has 0 bridgehead atoms. The van der Waals surface area contributed by atoms with Crippen molar-refractivity contribution in [2.75, 3.05) is 7.11 Å². The fraction of sp³-hybridized carbons (Fsp3) is 0.200. The number of esters is 1. The van der Waals surface area contributed by atoms with Crippen LogP contribution in [0.3, 0.4) is 0 Å². The van der Waals surface area contributed by atoms with Gasteiger partial charge in [0.15, 0.2) is 0 Å². The monoisotopic (exact) mass is 337 g/mol. The molecule has 0 saturated heterocycles. The molecule has 5 nitrogen and oxygen atoms in total. The zero-order valence-electron chi connectivity index (χ0n) is 13.9. The maximum atomic E-state index is 11.7. The molecule has 1 N–H and O–H groups in total. The summed E-state index contributed by atoms with van der Waals surface area (Å²) >= 11 is 0. The summed E-state index contributed by atoms with van der Waals surface area (Å²) in [4.78, 5) is 23.1. The normalized spacial score (nSPS) is 16.1. The summed E-state index contributed by atoms with van der Waals surface area (Å²) < 4.78 is 10.5. The molecule has 2 aromatic rings. The summed E-state index contributed by atoms with van der Waals surface area (Å²) in [5.41, 5.74) is 2.53. The highest BCUT2D eigenvalue weighted by Gasteiger charge is 2.25. The Morgan fingerprint density at radius 1 is 1.04 bits per heavy atom. The predicted octanol–water partition coefficient (Wildman–Crippen LogP) is 2.61. The molecule has 0 spiro atoms. The summed E-state index contributed by atoms with van der Waals surface area (Å²) in [5, 5.41) is 2.90. The second-order valence-corrected chi connectivity index (χ2v) is 5.77. The highest BCUT2D eigenvalue weighted by Crippen LogP contribution is 2.18. The van der Waals surface area contributed by atoms with Crippen molar-refractivity contribution in [1.29, 1.82) is 0 Å². The summed E-state index contributed by atoms with van der Waals surface area (Å²) in [5.74, 6) is 0.117. The third-order valence-corrected chi connectivity index (χ3v) is 4.00. The lowest BCUT2D eigenvalue weighted by atomic mass is 10.1. The van der Waals surface area contributed by atoms with Gasteiger partial charge in [-0.2, -0.15) is 0 Å². The Bertz CT molecular complexity index is 781. The quantitative estimate of drug-likeness (QED) is 0.823. The van der Waals surface area contributed by atoms with Crippen LogP contribution in [-0.2, 0) is 27.3 Å². The van der Waals surface area contributed by atoms with E-state index in [2.05, 4.69) is 10.1 Å². The molecule has 0 aliphatic carbocycles. The average Bonchev–Trinajstić information content (AvgIpc) is 3.00. The van der Waals surface area contributed by atoms with Gasteiger partial charge in [0.1, 0.15) is 12.4 Å². The maximum absolute atomic E-state index is 11.7. The molecule has 1 atom stereocenters. The van der Waals surface area contributed by atoms with Gasteiger partial charge in [0.05, 0.1) is 18.7 Å². The first-order valence-corrected chi connectivity index (χ1v) is 8.02. The molecule has 5 heteroatoms. The van der Waals surface area contributed by atoms with Gasteiger partial charge in [0, 0.05) is 6.08 Å². The van der Waals surface area contributed by atoms with Crippen LogP contribution in [0.1, 0.15) is 21.5 Å². The van der Waals surface area contributed by atoms with Gasteiger partial charge in [0.2, 0.25) is 5.91 Å². The van der Waals surface area contributed by atoms with Gasteiger partial charge in [-0.3, -0.25) is 4.79 Å². The van der Waals surface area contributed by atoms with Crippen LogP contribution in [0, 0.1) is 0 Å². The minimum atomic E-state index is -0.372. The number of hydrogen-bond acceptors (Lipinski definition) is 4. The van der Waals surface area contributed by atoms with Gasteiger partial charge in [-0.05, 0) is 29.7 Å². The van der Waals surface area contributed by atoms with Crippen molar-refractivity contribution in [3.05, 3.63) is 83.1 Å². The first-order valence-electron chi connectivity index (χ1n) is 8.02. The van der Waals surface area contributed by atoms with Crippen molar-refractivity contribution in [3.63, 3.8) is 0 Å². The molecule has 1 amide bonds. The lowest BCUT2D eigenvalue weighted by molar-refractivity contribution is -0.116. The maximum Gasteiger partial charge on any atom is 0.337 e. The lowest BCUT2D eigenvalue weighted by Crippen LogP contribution is -2.31. The zero-order chi connectivity index (χ0) is 17.6. The summed E-state index contributed by atoms with van der Waals surface area (Å²) in [6.45, 7) is 0.327. The van der Waals surface area contributed by atoms with E-state index in [9.17, 15) is 9.59 Å². The van der Waals surface area contributed by atoms with E-state index in [0.717, 1.165) is 11.1 Å². The van der Waals surface area contributed by atoms with E-state index < -0.39 is 0 Å². The van der Waals surface area contributed by atoms with Crippen LogP contribution in [0.5, 0.6) is 0 Å². The Balaban J connectivity index is 1.61. The van der Waals surface area contributed by atoms with Crippen molar-refractivity contribution >= 4 is 11.9 Å². The van der Waals surface area contributed by atoms with Crippen LogP contribution >= 0.6 is 0 Å². The van der Waals surface area contributed by atoms with Crippen molar-refractivity contribution in [2.45, 2.75) is 19.1 Å². The Morgan fingerprint density at radius 3 is 2.44 bits per heavy atom. The summed E-state index contributed by atoms with van der Waals surface area (Å²) in [6, 6.07) is 16.8. The van der Waals surface area contributed by atoms with Crippen LogP contribution in [0.4, 0.5) is 0 Å². The highest BCUT2D eigenvalue weighted by molar-refractivity contribution is 5.91. The van der Waals surface area contributed by atoms with Gasteiger partial charge in [-0.15, -0.1) is 0 Å². The number of methoxy groups -OCH3 is 1. The summed E-state index contributed by atoms with van der Waals surface area (Å²) in [7, 11) is 1.35. The molecular formula is C20H19NO4. The molecule has 0 aromatic heterocycles. The predicted molar refractivity (Wildman–Crippen MR) is 92.7 cm³/mol. The molecule has 2 aromatic carbocycles. The molecule has 3 rings (SSSR count). The SMILES string of the molecule is COC(=O)c1ccc(COC2=CC(=O)N[C@H]2Cc2ccccc2)cc1. The zero-order valence-corrected chi connectivity index (χ0v) is 13.9. The first-order chi connectivity index (χ1) is 12.2. The van der Waals surface area contributed by atoms with E-state index in [4.69, 9.17) is 4.74 Å². The number of ether oxygens (including phenoxy) is 2. The Hall–Kier alpha value is -3.08. The van der Waals surface area contributed by atoms with Crippen molar-refractivity contribution in [3.8, 4) is 0 Å². The van der Waals surface area contributed by atoms with E-state index in [-0.39, 0.29) is 17.9 Å². The molecule has 0 radical (unpaired) electrons. The summed E-state index contributed by atoms with van der Waals surface area (Å²) in [6.07, 6.45) is 2.18. The minimum Gasteiger partial charge on any atom is -0.491 e. The standard InChI is InChI=1S/C20H19NO4/c1-24-20(23)16-9-7-15(8-10-16)13-25-18-12-19(22)21-17(18)11-14-5-3-2-4-6-14/h2-10,12,17H,11,13H2,1H3,(H,21,22)/t17-/m0/s1. The van der Waals surface area contributed by atoms with Gasteiger partial charge in [0.25, 0.3) is 0 Å². The Labute approximate surface area is 146 Å². The van der Waals surface area contributed by atoms with E-state index in [0.29, 0.717) is 24.4 Å². The fourth-order valence-electron chi connectivity index (χ4n) is 2.68. The Morgan fingerprint density at radius 2 is 1.76 bits per heavy atom. The van der Waals surface area contributed by atoms with E-state index in [1.165, 1.54) is 13.2 Å². The number of carbonyl (C=O) groups excluding carboxylic acids is 2. The molecule has 128 valence electrons. The van der Waals surface area contributed by atoms with Crippen LogP contribution in [0.25, 0.3) is 0 Å². The molecule has 1 aliphatic rings. The number of benzene rings is 2. The van der Waals surface area contributed by atoms with Crippen LogP contribution in [0.2, 0.25) is 0 Å². The van der Waals surface area contributed by atoms with Crippen molar-refractivity contribution in [1.82, 2.24) is 5.32 Å². The number of carbonyl (C=O) groups is 2. The molecular weight excluding hydrogens is 318 g/mol. The Kier molecular flexibility index (Phi) is 5.14.